The van der Waals surface area contributed by atoms with E-state index < -0.39 is 0 Å². The Bertz CT molecular complexity index is 476. The second-order valence-corrected chi connectivity index (χ2v) is 6.33. The zero-order valence-electron chi connectivity index (χ0n) is 15.5. The van der Waals surface area contributed by atoms with Crippen LogP contribution in [0.25, 0.3) is 0 Å². The third-order valence-electron chi connectivity index (χ3n) is 4.44. The molecule has 1 saturated heterocycles. The summed E-state index contributed by atoms with van der Waals surface area (Å²) in [6, 6.07) is 9.89. The smallest absolute Gasteiger partial charge is 0.191 e. The topological polar surface area (TPSA) is 48.9 Å². The molecule has 0 unspecified atom stereocenters. The van der Waals surface area contributed by atoms with Crippen LogP contribution in [0.4, 0.5) is 0 Å². The van der Waals surface area contributed by atoms with Gasteiger partial charge in [0, 0.05) is 13.6 Å². The van der Waals surface area contributed by atoms with Gasteiger partial charge in [-0.15, -0.1) is 24.0 Å². The van der Waals surface area contributed by atoms with E-state index in [0.717, 1.165) is 30.7 Å². The van der Waals surface area contributed by atoms with Crippen LogP contribution in [-0.2, 0) is 0 Å². The molecule has 2 N–H and O–H groups in total. The summed E-state index contributed by atoms with van der Waals surface area (Å²) in [5.41, 5.74) is 0. The van der Waals surface area contributed by atoms with Gasteiger partial charge in [-0.1, -0.05) is 25.1 Å². The predicted molar refractivity (Wildman–Crippen MR) is 116 cm³/mol. The van der Waals surface area contributed by atoms with E-state index in [1.165, 1.54) is 38.9 Å². The van der Waals surface area contributed by atoms with Crippen molar-refractivity contribution in [2.45, 2.75) is 26.2 Å². The fourth-order valence-corrected chi connectivity index (χ4v) is 3.05. The van der Waals surface area contributed by atoms with Gasteiger partial charge in [0.25, 0.3) is 0 Å². The summed E-state index contributed by atoms with van der Waals surface area (Å²) in [5.74, 6) is 2.51. The first-order valence-corrected chi connectivity index (χ1v) is 9.16. The van der Waals surface area contributed by atoms with Crippen molar-refractivity contribution >= 4 is 29.9 Å². The number of aliphatic imine (C=N–C) groups is 1. The maximum atomic E-state index is 5.68. The molecule has 1 aliphatic heterocycles. The number of nitrogens with one attached hydrogen (secondary N) is 2. The molecule has 0 aliphatic carbocycles. The maximum absolute atomic E-state index is 5.68. The summed E-state index contributed by atoms with van der Waals surface area (Å²) in [4.78, 5) is 6.86. The van der Waals surface area contributed by atoms with Gasteiger partial charge in [0.2, 0.25) is 0 Å². The Morgan fingerprint density at radius 2 is 1.92 bits per heavy atom. The van der Waals surface area contributed by atoms with E-state index in [1.54, 1.807) is 0 Å². The van der Waals surface area contributed by atoms with Crippen LogP contribution in [0.5, 0.6) is 5.75 Å². The van der Waals surface area contributed by atoms with Crippen molar-refractivity contribution in [3.05, 3.63) is 30.3 Å². The highest BCUT2D eigenvalue weighted by Gasteiger charge is 2.18. The Hall–Kier alpha value is -1.02. The van der Waals surface area contributed by atoms with Crippen molar-refractivity contribution in [3.63, 3.8) is 0 Å². The summed E-state index contributed by atoms with van der Waals surface area (Å²) in [6.07, 6.45) is 3.81. The van der Waals surface area contributed by atoms with Gasteiger partial charge in [-0.3, -0.25) is 4.99 Å². The van der Waals surface area contributed by atoms with Crippen LogP contribution in [0.3, 0.4) is 0 Å². The number of ether oxygens (including phenoxy) is 1. The highest BCUT2D eigenvalue weighted by atomic mass is 127. The van der Waals surface area contributed by atoms with Gasteiger partial charge in [-0.25, -0.2) is 0 Å². The van der Waals surface area contributed by atoms with Gasteiger partial charge in [0.1, 0.15) is 12.4 Å². The van der Waals surface area contributed by atoms with E-state index in [4.69, 9.17) is 4.74 Å². The molecule has 142 valence electrons. The Balaban J connectivity index is 0.00000312. The number of benzene rings is 1. The molecule has 2 rings (SSSR count). The molecule has 0 spiro atoms. The van der Waals surface area contributed by atoms with Crippen molar-refractivity contribution in [2.75, 3.05) is 46.4 Å². The maximum Gasteiger partial charge on any atom is 0.191 e. The molecule has 1 aliphatic rings. The number of hydrogen-bond donors (Lipinski definition) is 2. The molecule has 25 heavy (non-hydrogen) atoms. The average Bonchev–Trinajstić information content (AvgIpc) is 2.63. The van der Waals surface area contributed by atoms with E-state index in [1.807, 2.05) is 37.4 Å². The van der Waals surface area contributed by atoms with Crippen LogP contribution < -0.4 is 15.4 Å². The number of halogens is 1. The third-order valence-corrected chi connectivity index (χ3v) is 4.44. The lowest BCUT2D eigenvalue weighted by atomic mass is 9.97. The van der Waals surface area contributed by atoms with Crippen molar-refractivity contribution in [1.82, 2.24) is 15.5 Å². The summed E-state index contributed by atoms with van der Waals surface area (Å²) in [5, 5.41) is 6.76. The molecule has 1 heterocycles. The Labute approximate surface area is 169 Å². The van der Waals surface area contributed by atoms with Crippen molar-refractivity contribution < 1.29 is 4.74 Å². The van der Waals surface area contributed by atoms with Gasteiger partial charge >= 0.3 is 0 Å². The fourth-order valence-electron chi connectivity index (χ4n) is 3.05. The Morgan fingerprint density at radius 3 is 2.56 bits per heavy atom. The zero-order chi connectivity index (χ0) is 17.0. The third kappa shape index (κ3) is 8.76. The number of hydrogen-bond acceptors (Lipinski definition) is 3. The number of piperidine rings is 1. The van der Waals surface area contributed by atoms with Crippen molar-refractivity contribution in [2.24, 2.45) is 10.9 Å². The van der Waals surface area contributed by atoms with Gasteiger partial charge < -0.3 is 20.3 Å². The van der Waals surface area contributed by atoms with E-state index in [0.29, 0.717) is 6.61 Å². The van der Waals surface area contributed by atoms with E-state index >= 15 is 0 Å². The monoisotopic (exact) mass is 460 g/mol. The summed E-state index contributed by atoms with van der Waals surface area (Å²) in [6.45, 7) is 8.33. The standard InChI is InChI=1S/C19H32N4O.HI/c1-3-12-23-13-9-17(10-14-23)16-22-19(20-2)21-11-15-24-18-7-5-4-6-8-18;/h4-8,17H,3,9-16H2,1-2H3,(H2,20,21,22);1H. The van der Waals surface area contributed by atoms with Crippen LogP contribution in [0.2, 0.25) is 0 Å². The number of guanidine groups is 1. The van der Waals surface area contributed by atoms with Gasteiger partial charge in [-0.05, 0) is 56.9 Å². The number of rotatable bonds is 8. The number of para-hydroxylation sites is 1. The lowest BCUT2D eigenvalue weighted by Crippen LogP contribution is -2.43. The predicted octanol–water partition coefficient (Wildman–Crippen LogP) is 2.97. The minimum Gasteiger partial charge on any atom is -0.492 e. The normalized spacial score (nSPS) is 16.2. The molecule has 1 aromatic rings. The van der Waals surface area contributed by atoms with E-state index in [9.17, 15) is 0 Å². The minimum atomic E-state index is 0. The van der Waals surface area contributed by atoms with Crippen molar-refractivity contribution in [3.8, 4) is 5.75 Å². The molecule has 0 aromatic heterocycles. The van der Waals surface area contributed by atoms with Crippen LogP contribution in [0, 0.1) is 5.92 Å². The van der Waals surface area contributed by atoms with Gasteiger partial charge in [0.15, 0.2) is 5.96 Å². The summed E-state index contributed by atoms with van der Waals surface area (Å²) >= 11 is 0. The van der Waals surface area contributed by atoms with Crippen LogP contribution >= 0.6 is 24.0 Å². The van der Waals surface area contributed by atoms with Gasteiger partial charge in [-0.2, -0.15) is 0 Å². The molecular formula is C19H33IN4O. The molecule has 0 saturated carbocycles. The van der Waals surface area contributed by atoms with Gasteiger partial charge in [0.05, 0.1) is 6.54 Å². The van der Waals surface area contributed by atoms with E-state index in [-0.39, 0.29) is 24.0 Å². The Morgan fingerprint density at radius 1 is 1.20 bits per heavy atom. The second kappa shape index (κ2) is 13.2. The molecule has 1 fully saturated rings. The molecule has 0 radical (unpaired) electrons. The molecule has 0 amide bonds. The van der Waals surface area contributed by atoms with Crippen LogP contribution in [0.1, 0.15) is 26.2 Å². The first-order valence-electron chi connectivity index (χ1n) is 9.16. The highest BCUT2D eigenvalue weighted by molar-refractivity contribution is 14.0. The largest absolute Gasteiger partial charge is 0.492 e. The van der Waals surface area contributed by atoms with Crippen LogP contribution in [0.15, 0.2) is 35.3 Å². The molecule has 0 bridgehead atoms. The number of likely N-dealkylation sites (tertiary alicyclic amines) is 1. The molecular weight excluding hydrogens is 427 g/mol. The summed E-state index contributed by atoms with van der Waals surface area (Å²) < 4.78 is 5.68. The van der Waals surface area contributed by atoms with E-state index in [2.05, 4.69) is 27.4 Å². The second-order valence-electron chi connectivity index (χ2n) is 6.33. The summed E-state index contributed by atoms with van der Waals surface area (Å²) in [7, 11) is 1.82. The molecule has 1 aromatic carbocycles. The van der Waals surface area contributed by atoms with Crippen LogP contribution in [-0.4, -0.2) is 57.2 Å². The minimum absolute atomic E-state index is 0. The lowest BCUT2D eigenvalue weighted by molar-refractivity contribution is 0.185. The highest BCUT2D eigenvalue weighted by Crippen LogP contribution is 2.16. The first kappa shape index (κ1) is 22.0. The molecule has 0 atom stereocenters. The molecule has 6 heteroatoms. The number of nitrogens with zero attached hydrogens (tertiary/aromatic N) is 2. The fraction of sp³-hybridized carbons (Fsp3) is 0.632. The zero-order valence-corrected chi connectivity index (χ0v) is 17.9. The first-order chi connectivity index (χ1) is 11.8. The lowest BCUT2D eigenvalue weighted by Gasteiger charge is -2.32. The SMILES string of the molecule is CCCN1CCC(CNC(=NC)NCCOc2ccccc2)CC1.I. The average molecular weight is 460 g/mol. The quantitative estimate of drug-likeness (QED) is 0.271. The molecule has 5 nitrogen and oxygen atoms in total. The van der Waals surface area contributed by atoms with Crippen molar-refractivity contribution in [1.29, 1.82) is 0 Å². The Kier molecular flexibility index (Phi) is 11.6.